The average Bonchev–Trinajstić information content (AvgIpc) is 2.36. The van der Waals surface area contributed by atoms with Gasteiger partial charge >= 0.3 is 5.97 Å². The van der Waals surface area contributed by atoms with Gasteiger partial charge in [-0.15, -0.1) is 0 Å². The standard InChI is InChI=1S/C15H20O2/c1-4-5-6-14(15(16)17-3)11-13-9-7-12(2)8-10-13/h7-11H,4-6H2,1-3H3/b14-11-. The third-order valence-corrected chi connectivity index (χ3v) is 2.67. The summed E-state index contributed by atoms with van der Waals surface area (Å²) in [7, 11) is 1.43. The first-order chi connectivity index (χ1) is 8.17. The minimum atomic E-state index is -0.223. The monoisotopic (exact) mass is 232 g/mol. The van der Waals surface area contributed by atoms with Crippen molar-refractivity contribution >= 4 is 12.0 Å². The predicted octanol–water partition coefficient (Wildman–Crippen LogP) is 3.74. The zero-order valence-electron chi connectivity index (χ0n) is 10.8. The van der Waals surface area contributed by atoms with Crippen LogP contribution in [0.2, 0.25) is 0 Å². The molecule has 0 amide bonds. The van der Waals surface area contributed by atoms with Crippen LogP contribution in [0.3, 0.4) is 0 Å². The van der Waals surface area contributed by atoms with E-state index in [1.165, 1.54) is 12.7 Å². The van der Waals surface area contributed by atoms with Crippen molar-refractivity contribution in [1.29, 1.82) is 0 Å². The summed E-state index contributed by atoms with van der Waals surface area (Å²) in [5.41, 5.74) is 3.01. The molecule has 92 valence electrons. The van der Waals surface area contributed by atoms with E-state index in [2.05, 4.69) is 6.92 Å². The Balaban J connectivity index is 2.87. The molecule has 0 heterocycles. The summed E-state index contributed by atoms with van der Waals surface area (Å²) in [5.74, 6) is -0.223. The molecule has 0 spiro atoms. The molecule has 1 rings (SSSR count). The summed E-state index contributed by atoms with van der Waals surface area (Å²) in [6.45, 7) is 4.16. The van der Waals surface area contributed by atoms with Gasteiger partial charge < -0.3 is 4.74 Å². The molecular formula is C15H20O2. The zero-order chi connectivity index (χ0) is 12.7. The van der Waals surface area contributed by atoms with Crippen LogP contribution in [-0.4, -0.2) is 13.1 Å². The highest BCUT2D eigenvalue weighted by Crippen LogP contribution is 2.15. The quantitative estimate of drug-likeness (QED) is 0.571. The van der Waals surface area contributed by atoms with Crippen molar-refractivity contribution < 1.29 is 9.53 Å². The van der Waals surface area contributed by atoms with Crippen LogP contribution in [0, 0.1) is 6.92 Å². The Morgan fingerprint density at radius 3 is 2.47 bits per heavy atom. The number of ether oxygens (including phenoxy) is 1. The second-order valence-electron chi connectivity index (χ2n) is 4.18. The maximum absolute atomic E-state index is 11.6. The number of benzene rings is 1. The molecule has 0 aromatic heterocycles. The van der Waals surface area contributed by atoms with Crippen LogP contribution in [-0.2, 0) is 9.53 Å². The molecule has 0 saturated heterocycles. The Morgan fingerprint density at radius 1 is 1.29 bits per heavy atom. The molecule has 0 unspecified atom stereocenters. The van der Waals surface area contributed by atoms with Crippen LogP contribution in [0.25, 0.3) is 6.08 Å². The number of hydrogen-bond donors (Lipinski definition) is 0. The number of methoxy groups -OCH3 is 1. The number of rotatable bonds is 5. The van der Waals surface area contributed by atoms with Gasteiger partial charge in [-0.2, -0.15) is 0 Å². The fourth-order valence-corrected chi connectivity index (χ4v) is 1.60. The van der Waals surface area contributed by atoms with Crippen molar-refractivity contribution in [3.05, 3.63) is 41.0 Å². The van der Waals surface area contributed by atoms with Crippen molar-refractivity contribution in [2.45, 2.75) is 33.1 Å². The zero-order valence-corrected chi connectivity index (χ0v) is 10.8. The van der Waals surface area contributed by atoms with Gasteiger partial charge in [-0.3, -0.25) is 0 Å². The fraction of sp³-hybridized carbons (Fsp3) is 0.400. The van der Waals surface area contributed by atoms with Crippen molar-refractivity contribution in [1.82, 2.24) is 0 Å². The smallest absolute Gasteiger partial charge is 0.333 e. The Kier molecular flexibility index (Phi) is 5.47. The molecule has 1 aromatic carbocycles. The van der Waals surface area contributed by atoms with E-state index in [-0.39, 0.29) is 5.97 Å². The summed E-state index contributed by atoms with van der Waals surface area (Å²) in [6, 6.07) is 8.12. The van der Waals surface area contributed by atoms with Crippen LogP contribution in [0.1, 0.15) is 37.3 Å². The maximum Gasteiger partial charge on any atom is 0.333 e. The maximum atomic E-state index is 11.6. The summed E-state index contributed by atoms with van der Waals surface area (Å²) >= 11 is 0. The number of hydrogen-bond acceptors (Lipinski definition) is 2. The molecule has 0 N–H and O–H groups in total. The van der Waals surface area contributed by atoms with Gasteiger partial charge in [-0.1, -0.05) is 43.2 Å². The number of aryl methyl sites for hydroxylation is 1. The number of unbranched alkanes of at least 4 members (excludes halogenated alkanes) is 1. The van der Waals surface area contributed by atoms with Crippen molar-refractivity contribution in [3.8, 4) is 0 Å². The number of carbonyl (C=O) groups excluding carboxylic acids is 1. The Morgan fingerprint density at radius 2 is 1.94 bits per heavy atom. The van der Waals surface area contributed by atoms with Gasteiger partial charge in [0.15, 0.2) is 0 Å². The molecule has 17 heavy (non-hydrogen) atoms. The minimum Gasteiger partial charge on any atom is -0.466 e. The van der Waals surface area contributed by atoms with Gasteiger partial charge in [0.25, 0.3) is 0 Å². The van der Waals surface area contributed by atoms with Crippen LogP contribution in [0.15, 0.2) is 29.8 Å². The van der Waals surface area contributed by atoms with Crippen molar-refractivity contribution in [2.24, 2.45) is 0 Å². The summed E-state index contributed by atoms with van der Waals surface area (Å²) in [5, 5.41) is 0. The molecule has 2 nitrogen and oxygen atoms in total. The second-order valence-corrected chi connectivity index (χ2v) is 4.18. The van der Waals surface area contributed by atoms with E-state index in [0.29, 0.717) is 0 Å². The highest BCUT2D eigenvalue weighted by Gasteiger charge is 2.08. The van der Waals surface area contributed by atoms with E-state index in [0.717, 1.165) is 30.4 Å². The Hall–Kier alpha value is -1.57. The average molecular weight is 232 g/mol. The summed E-state index contributed by atoms with van der Waals surface area (Å²) < 4.78 is 4.80. The molecule has 0 saturated carbocycles. The fourth-order valence-electron chi connectivity index (χ4n) is 1.60. The first-order valence-electron chi connectivity index (χ1n) is 6.03. The van der Waals surface area contributed by atoms with Gasteiger partial charge in [0.05, 0.1) is 7.11 Å². The first kappa shape index (κ1) is 13.5. The van der Waals surface area contributed by atoms with Crippen LogP contribution in [0.5, 0.6) is 0 Å². The normalized spacial score (nSPS) is 11.4. The lowest BCUT2D eigenvalue weighted by atomic mass is 10.0. The molecule has 0 aliphatic carbocycles. The van der Waals surface area contributed by atoms with Crippen LogP contribution >= 0.6 is 0 Å². The minimum absolute atomic E-state index is 0.223. The first-order valence-corrected chi connectivity index (χ1v) is 6.03. The third kappa shape index (κ3) is 4.43. The molecule has 1 aromatic rings. The van der Waals surface area contributed by atoms with Crippen LogP contribution < -0.4 is 0 Å². The molecular weight excluding hydrogens is 212 g/mol. The summed E-state index contributed by atoms with van der Waals surface area (Å²) in [4.78, 5) is 11.6. The second kappa shape index (κ2) is 6.89. The number of esters is 1. The van der Waals surface area contributed by atoms with E-state index in [1.807, 2.05) is 37.3 Å². The molecule has 2 heteroatoms. The Labute approximate surface area is 103 Å². The highest BCUT2D eigenvalue weighted by atomic mass is 16.5. The predicted molar refractivity (Wildman–Crippen MR) is 70.7 cm³/mol. The largest absolute Gasteiger partial charge is 0.466 e. The van der Waals surface area contributed by atoms with Gasteiger partial charge in [0, 0.05) is 5.57 Å². The van der Waals surface area contributed by atoms with Crippen LogP contribution in [0.4, 0.5) is 0 Å². The van der Waals surface area contributed by atoms with E-state index in [4.69, 9.17) is 4.74 Å². The SMILES string of the molecule is CCCC/C(=C/c1ccc(C)cc1)C(=O)OC. The molecule has 0 radical (unpaired) electrons. The lowest BCUT2D eigenvalue weighted by Gasteiger charge is -2.05. The van der Waals surface area contributed by atoms with E-state index < -0.39 is 0 Å². The topological polar surface area (TPSA) is 26.3 Å². The highest BCUT2D eigenvalue weighted by molar-refractivity contribution is 5.93. The molecule has 0 fully saturated rings. The molecule has 0 atom stereocenters. The van der Waals surface area contributed by atoms with E-state index >= 15 is 0 Å². The van der Waals surface area contributed by atoms with Gasteiger partial charge in [-0.25, -0.2) is 4.79 Å². The van der Waals surface area contributed by atoms with Gasteiger partial charge in [0.2, 0.25) is 0 Å². The lowest BCUT2D eigenvalue weighted by molar-refractivity contribution is -0.136. The molecule has 0 aliphatic heterocycles. The van der Waals surface area contributed by atoms with E-state index in [9.17, 15) is 4.79 Å². The molecule has 0 aliphatic rings. The third-order valence-electron chi connectivity index (χ3n) is 2.67. The van der Waals surface area contributed by atoms with E-state index in [1.54, 1.807) is 0 Å². The number of carbonyl (C=O) groups is 1. The van der Waals surface area contributed by atoms with Crippen molar-refractivity contribution in [3.63, 3.8) is 0 Å². The Bertz CT molecular complexity index is 388. The van der Waals surface area contributed by atoms with Gasteiger partial charge in [-0.05, 0) is 31.4 Å². The van der Waals surface area contributed by atoms with Crippen molar-refractivity contribution in [2.75, 3.05) is 7.11 Å². The van der Waals surface area contributed by atoms with Gasteiger partial charge in [0.1, 0.15) is 0 Å². The summed E-state index contributed by atoms with van der Waals surface area (Å²) in [6.07, 6.45) is 4.77. The lowest BCUT2D eigenvalue weighted by Crippen LogP contribution is -2.04. The molecule has 0 bridgehead atoms.